The van der Waals surface area contributed by atoms with Crippen LogP contribution < -0.4 is 10.6 Å². The van der Waals surface area contributed by atoms with E-state index in [1.54, 1.807) is 0 Å². The zero-order valence-electron chi connectivity index (χ0n) is 11.5. The molecule has 1 heterocycles. The molecule has 0 aliphatic heterocycles. The van der Waals surface area contributed by atoms with Crippen LogP contribution in [-0.4, -0.2) is 34.9 Å². The summed E-state index contributed by atoms with van der Waals surface area (Å²) in [5.41, 5.74) is 8.03. The number of rotatable bonds is 6. The van der Waals surface area contributed by atoms with Gasteiger partial charge in [0.2, 0.25) is 0 Å². The van der Waals surface area contributed by atoms with E-state index in [-0.39, 0.29) is 0 Å². The molecule has 0 aliphatic rings. The van der Waals surface area contributed by atoms with Crippen molar-refractivity contribution in [2.75, 3.05) is 24.0 Å². The Balaban J connectivity index is 3.05. The second-order valence-corrected chi connectivity index (χ2v) is 5.25. The SMILES string of the molecule is CCC(CSC)N(C)c1c(CN)c(C)nn1C. The summed E-state index contributed by atoms with van der Waals surface area (Å²) >= 11 is 1.88. The Labute approximate surface area is 109 Å². The van der Waals surface area contributed by atoms with Gasteiger partial charge in [-0.2, -0.15) is 16.9 Å². The number of thioether (sulfide) groups is 1. The smallest absolute Gasteiger partial charge is 0.131 e. The standard InChI is InChI=1S/C12H24N4S/c1-6-10(8-17-5)15(3)12-11(7-13)9(2)14-16(12)4/h10H,6-8,13H2,1-5H3. The van der Waals surface area contributed by atoms with E-state index >= 15 is 0 Å². The zero-order chi connectivity index (χ0) is 13.0. The molecule has 17 heavy (non-hydrogen) atoms. The molecule has 0 amide bonds. The summed E-state index contributed by atoms with van der Waals surface area (Å²) < 4.78 is 1.94. The molecule has 0 bridgehead atoms. The van der Waals surface area contributed by atoms with E-state index < -0.39 is 0 Å². The third-order valence-corrected chi connectivity index (χ3v) is 3.95. The van der Waals surface area contributed by atoms with Crippen molar-refractivity contribution in [2.24, 2.45) is 12.8 Å². The Morgan fingerprint density at radius 3 is 2.65 bits per heavy atom. The first-order chi connectivity index (χ1) is 8.06. The molecular formula is C12H24N4S. The lowest BCUT2D eigenvalue weighted by atomic mass is 10.2. The maximum atomic E-state index is 5.83. The largest absolute Gasteiger partial charge is 0.356 e. The van der Waals surface area contributed by atoms with Crippen molar-refractivity contribution < 1.29 is 0 Å². The number of hydrogen-bond donors (Lipinski definition) is 1. The average molecular weight is 256 g/mol. The maximum absolute atomic E-state index is 5.83. The van der Waals surface area contributed by atoms with Gasteiger partial charge in [0, 0.05) is 38.0 Å². The van der Waals surface area contributed by atoms with Gasteiger partial charge in [-0.3, -0.25) is 4.68 Å². The monoisotopic (exact) mass is 256 g/mol. The van der Waals surface area contributed by atoms with Crippen molar-refractivity contribution in [3.8, 4) is 0 Å². The van der Waals surface area contributed by atoms with Crippen LogP contribution in [0.15, 0.2) is 0 Å². The maximum Gasteiger partial charge on any atom is 0.131 e. The number of nitrogens with two attached hydrogens (primary N) is 1. The summed E-state index contributed by atoms with van der Waals surface area (Å²) in [6, 6.07) is 0.532. The van der Waals surface area contributed by atoms with Crippen molar-refractivity contribution in [3.05, 3.63) is 11.3 Å². The first kappa shape index (κ1) is 14.4. The van der Waals surface area contributed by atoms with Crippen LogP contribution in [0.25, 0.3) is 0 Å². The van der Waals surface area contributed by atoms with Gasteiger partial charge < -0.3 is 10.6 Å². The highest BCUT2D eigenvalue weighted by molar-refractivity contribution is 7.98. The van der Waals surface area contributed by atoms with E-state index in [0.717, 1.165) is 29.2 Å². The Bertz CT molecular complexity index is 362. The third kappa shape index (κ3) is 2.96. The molecule has 1 unspecified atom stereocenters. The summed E-state index contributed by atoms with van der Waals surface area (Å²) in [5.74, 6) is 2.28. The fraction of sp³-hybridized carbons (Fsp3) is 0.750. The van der Waals surface area contributed by atoms with Crippen LogP contribution in [0.5, 0.6) is 0 Å². The van der Waals surface area contributed by atoms with Gasteiger partial charge in [0.1, 0.15) is 5.82 Å². The van der Waals surface area contributed by atoms with E-state index in [1.165, 1.54) is 0 Å². The van der Waals surface area contributed by atoms with Gasteiger partial charge in [-0.1, -0.05) is 6.92 Å². The van der Waals surface area contributed by atoms with Crippen LogP contribution in [-0.2, 0) is 13.6 Å². The van der Waals surface area contributed by atoms with Crippen molar-refractivity contribution in [1.82, 2.24) is 9.78 Å². The molecule has 0 saturated carbocycles. The van der Waals surface area contributed by atoms with Crippen molar-refractivity contribution in [1.29, 1.82) is 0 Å². The summed E-state index contributed by atoms with van der Waals surface area (Å²) in [6.07, 6.45) is 3.28. The average Bonchev–Trinajstić information content (AvgIpc) is 2.59. The Hall–Kier alpha value is -0.680. The summed E-state index contributed by atoms with van der Waals surface area (Å²) in [5, 5.41) is 4.47. The number of aromatic nitrogens is 2. The second-order valence-electron chi connectivity index (χ2n) is 4.34. The minimum Gasteiger partial charge on any atom is -0.356 e. The van der Waals surface area contributed by atoms with Crippen LogP contribution in [0.4, 0.5) is 5.82 Å². The first-order valence-electron chi connectivity index (χ1n) is 6.01. The molecule has 98 valence electrons. The molecular weight excluding hydrogens is 232 g/mol. The number of hydrogen-bond acceptors (Lipinski definition) is 4. The summed E-state index contributed by atoms with van der Waals surface area (Å²) in [7, 11) is 4.13. The summed E-state index contributed by atoms with van der Waals surface area (Å²) in [4.78, 5) is 2.32. The minimum absolute atomic E-state index is 0.532. The lowest BCUT2D eigenvalue weighted by Gasteiger charge is -2.29. The molecule has 0 radical (unpaired) electrons. The lowest BCUT2D eigenvalue weighted by Crippen LogP contribution is -2.35. The van der Waals surface area contributed by atoms with Gasteiger partial charge in [0.15, 0.2) is 0 Å². The molecule has 1 atom stereocenters. The molecule has 0 spiro atoms. The highest BCUT2D eigenvalue weighted by Gasteiger charge is 2.20. The van der Waals surface area contributed by atoms with Crippen molar-refractivity contribution >= 4 is 17.6 Å². The van der Waals surface area contributed by atoms with Crippen molar-refractivity contribution in [2.45, 2.75) is 32.9 Å². The molecule has 0 aliphatic carbocycles. The van der Waals surface area contributed by atoms with Gasteiger partial charge >= 0.3 is 0 Å². The molecule has 2 N–H and O–H groups in total. The lowest BCUT2D eigenvalue weighted by molar-refractivity contribution is 0.634. The normalized spacial score (nSPS) is 12.8. The van der Waals surface area contributed by atoms with Crippen LogP contribution in [0.1, 0.15) is 24.6 Å². The van der Waals surface area contributed by atoms with Gasteiger partial charge in [-0.05, 0) is 19.6 Å². The molecule has 1 aromatic rings. The fourth-order valence-corrected chi connectivity index (χ4v) is 3.08. The zero-order valence-corrected chi connectivity index (χ0v) is 12.3. The van der Waals surface area contributed by atoms with Crippen LogP contribution in [0.2, 0.25) is 0 Å². The third-order valence-electron chi connectivity index (χ3n) is 3.23. The predicted molar refractivity (Wildman–Crippen MR) is 76.7 cm³/mol. The molecule has 1 aromatic heterocycles. The van der Waals surface area contributed by atoms with E-state index in [4.69, 9.17) is 5.73 Å². The first-order valence-corrected chi connectivity index (χ1v) is 7.40. The number of anilines is 1. The van der Waals surface area contributed by atoms with Crippen LogP contribution in [0.3, 0.4) is 0 Å². The van der Waals surface area contributed by atoms with E-state index in [9.17, 15) is 0 Å². The Morgan fingerprint density at radius 1 is 1.53 bits per heavy atom. The van der Waals surface area contributed by atoms with Gasteiger partial charge in [-0.15, -0.1) is 0 Å². The molecule has 0 aromatic carbocycles. The highest BCUT2D eigenvalue weighted by atomic mass is 32.2. The van der Waals surface area contributed by atoms with Gasteiger partial charge in [0.25, 0.3) is 0 Å². The quantitative estimate of drug-likeness (QED) is 0.842. The van der Waals surface area contributed by atoms with E-state index in [2.05, 4.69) is 30.2 Å². The molecule has 1 rings (SSSR count). The Kier molecular flexibility index (Phi) is 5.33. The van der Waals surface area contributed by atoms with Crippen molar-refractivity contribution in [3.63, 3.8) is 0 Å². The van der Waals surface area contributed by atoms with E-state index in [1.807, 2.05) is 30.4 Å². The molecule has 4 nitrogen and oxygen atoms in total. The topological polar surface area (TPSA) is 47.1 Å². The van der Waals surface area contributed by atoms with Gasteiger partial charge in [0.05, 0.1) is 5.69 Å². The van der Waals surface area contributed by atoms with Gasteiger partial charge in [-0.25, -0.2) is 0 Å². The van der Waals surface area contributed by atoms with Crippen LogP contribution in [0, 0.1) is 6.92 Å². The molecule has 0 fully saturated rings. The van der Waals surface area contributed by atoms with E-state index in [0.29, 0.717) is 12.6 Å². The summed E-state index contributed by atoms with van der Waals surface area (Å²) in [6.45, 7) is 4.80. The van der Waals surface area contributed by atoms with Crippen LogP contribution >= 0.6 is 11.8 Å². The highest BCUT2D eigenvalue weighted by Crippen LogP contribution is 2.25. The fourth-order valence-electron chi connectivity index (χ4n) is 2.24. The second kappa shape index (κ2) is 6.31. The predicted octanol–water partition coefficient (Wildman–Crippen LogP) is 1.77. The Morgan fingerprint density at radius 2 is 2.18 bits per heavy atom. The number of aryl methyl sites for hydroxylation is 2. The molecule has 5 heteroatoms. The molecule has 0 saturated heterocycles. The number of nitrogens with zero attached hydrogens (tertiary/aromatic N) is 3. The minimum atomic E-state index is 0.532.